The molecule has 2 aromatic carbocycles. The molecule has 1 saturated carbocycles. The summed E-state index contributed by atoms with van der Waals surface area (Å²) in [7, 11) is -2.50. The molecule has 1 fully saturated rings. The summed E-state index contributed by atoms with van der Waals surface area (Å²) < 4.78 is 46.3. The quantitative estimate of drug-likeness (QED) is 0.632. The first-order chi connectivity index (χ1) is 14.8. The Kier molecular flexibility index (Phi) is 7.91. The van der Waals surface area contributed by atoms with E-state index < -0.39 is 15.9 Å². The van der Waals surface area contributed by atoms with Crippen molar-refractivity contribution in [3.8, 4) is 5.75 Å². The van der Waals surface area contributed by atoms with Crippen LogP contribution >= 0.6 is 11.6 Å². The monoisotopic (exact) mass is 468 g/mol. The maximum atomic E-state index is 13.4. The summed E-state index contributed by atoms with van der Waals surface area (Å²) in [5, 5.41) is 2.92. The molecule has 168 valence electrons. The summed E-state index contributed by atoms with van der Waals surface area (Å²) in [6, 6.07) is 9.81. The molecule has 0 atom stereocenters. The Hall–Kier alpha value is -2.16. The van der Waals surface area contributed by atoms with Gasteiger partial charge in [0.05, 0.1) is 23.6 Å². The van der Waals surface area contributed by atoms with Crippen LogP contribution in [0.4, 0.5) is 4.39 Å². The molecule has 0 unspecified atom stereocenters. The van der Waals surface area contributed by atoms with Crippen molar-refractivity contribution < 1.29 is 22.3 Å². The Bertz CT molecular complexity index is 1010. The van der Waals surface area contributed by atoms with E-state index in [4.69, 9.17) is 16.3 Å². The lowest BCUT2D eigenvalue weighted by Gasteiger charge is -2.33. The second-order valence-corrected chi connectivity index (χ2v) is 9.84. The van der Waals surface area contributed by atoms with E-state index in [2.05, 4.69) is 5.32 Å². The zero-order valence-electron chi connectivity index (χ0n) is 17.3. The molecule has 0 spiro atoms. The summed E-state index contributed by atoms with van der Waals surface area (Å²) in [5.41, 5.74) is 0.726. The molecular formula is C22H26ClFN2O4S. The summed E-state index contributed by atoms with van der Waals surface area (Å²) in [4.78, 5) is 12.7. The summed E-state index contributed by atoms with van der Waals surface area (Å²) in [6.45, 7) is -0.107. The van der Waals surface area contributed by atoms with Gasteiger partial charge < -0.3 is 10.1 Å². The van der Waals surface area contributed by atoms with Crippen molar-refractivity contribution in [3.05, 3.63) is 58.9 Å². The third kappa shape index (κ3) is 5.96. The Balaban J connectivity index is 1.79. The van der Waals surface area contributed by atoms with E-state index in [0.29, 0.717) is 18.6 Å². The number of rotatable bonds is 8. The number of hydrogen-bond acceptors (Lipinski definition) is 4. The average Bonchev–Trinajstić information content (AvgIpc) is 2.77. The maximum Gasteiger partial charge on any atom is 0.243 e. The van der Waals surface area contributed by atoms with Gasteiger partial charge in [0, 0.05) is 12.6 Å². The number of nitrogens with zero attached hydrogens (tertiary/aromatic N) is 1. The summed E-state index contributed by atoms with van der Waals surface area (Å²) >= 11 is 6.15. The highest BCUT2D eigenvalue weighted by molar-refractivity contribution is 7.89. The second kappa shape index (κ2) is 10.4. The number of nitrogens with one attached hydrogen (secondary N) is 1. The molecule has 9 heteroatoms. The van der Waals surface area contributed by atoms with Crippen LogP contribution in [0.1, 0.15) is 37.7 Å². The minimum atomic E-state index is -3.95. The van der Waals surface area contributed by atoms with Crippen LogP contribution in [0.2, 0.25) is 5.02 Å². The van der Waals surface area contributed by atoms with Crippen molar-refractivity contribution in [1.82, 2.24) is 9.62 Å². The van der Waals surface area contributed by atoms with Crippen LogP contribution in [0, 0.1) is 5.82 Å². The van der Waals surface area contributed by atoms with E-state index in [-0.39, 0.29) is 34.9 Å². The van der Waals surface area contributed by atoms with Gasteiger partial charge in [-0.15, -0.1) is 0 Å². The molecule has 2 aromatic rings. The molecule has 0 bridgehead atoms. The lowest BCUT2D eigenvalue weighted by atomic mass is 9.95. The molecule has 0 aliphatic heterocycles. The molecule has 1 amide bonds. The molecule has 0 heterocycles. The predicted molar refractivity (Wildman–Crippen MR) is 117 cm³/mol. The lowest BCUT2D eigenvalue weighted by Crippen LogP contribution is -2.46. The minimum Gasteiger partial charge on any atom is -0.495 e. The maximum absolute atomic E-state index is 13.4. The van der Waals surface area contributed by atoms with Crippen molar-refractivity contribution in [2.45, 2.75) is 49.6 Å². The van der Waals surface area contributed by atoms with Gasteiger partial charge in [-0.1, -0.05) is 43.0 Å². The van der Waals surface area contributed by atoms with Gasteiger partial charge in [0.15, 0.2) is 0 Å². The number of sulfonamides is 1. The lowest BCUT2D eigenvalue weighted by molar-refractivity contribution is -0.121. The standard InChI is InChI=1S/C22H26ClFN2O4S/c1-30-21-12-11-19(13-20(21)23)31(28,29)26(18-5-3-2-4-6-18)15-22(27)25-14-16-7-9-17(24)10-8-16/h7-13,18H,2-6,14-15H2,1H3,(H,25,27). The van der Waals surface area contributed by atoms with Gasteiger partial charge in [-0.05, 0) is 48.7 Å². The van der Waals surface area contributed by atoms with Gasteiger partial charge in [-0.2, -0.15) is 4.31 Å². The number of carbonyl (C=O) groups is 1. The molecule has 31 heavy (non-hydrogen) atoms. The van der Waals surface area contributed by atoms with Gasteiger partial charge in [0.1, 0.15) is 11.6 Å². The van der Waals surface area contributed by atoms with E-state index in [1.165, 1.54) is 41.7 Å². The van der Waals surface area contributed by atoms with Crippen molar-refractivity contribution in [3.63, 3.8) is 0 Å². The topological polar surface area (TPSA) is 75.7 Å². The summed E-state index contributed by atoms with van der Waals surface area (Å²) in [5.74, 6) is -0.400. The molecule has 0 radical (unpaired) electrons. The first-order valence-electron chi connectivity index (χ1n) is 10.2. The van der Waals surface area contributed by atoms with Gasteiger partial charge in [-0.3, -0.25) is 4.79 Å². The average molecular weight is 469 g/mol. The van der Waals surface area contributed by atoms with E-state index in [9.17, 15) is 17.6 Å². The fraction of sp³-hybridized carbons (Fsp3) is 0.409. The molecule has 6 nitrogen and oxygen atoms in total. The first kappa shape index (κ1) is 23.5. The number of carbonyl (C=O) groups excluding carboxylic acids is 1. The Morgan fingerprint density at radius 3 is 2.45 bits per heavy atom. The first-order valence-corrected chi connectivity index (χ1v) is 12.0. The smallest absolute Gasteiger partial charge is 0.243 e. The zero-order chi connectivity index (χ0) is 22.4. The van der Waals surface area contributed by atoms with Crippen molar-refractivity contribution in [2.75, 3.05) is 13.7 Å². The Labute approximate surface area is 187 Å². The van der Waals surface area contributed by atoms with E-state index in [1.54, 1.807) is 12.1 Å². The van der Waals surface area contributed by atoms with E-state index in [0.717, 1.165) is 24.8 Å². The van der Waals surface area contributed by atoms with Crippen LogP contribution < -0.4 is 10.1 Å². The Morgan fingerprint density at radius 1 is 1.16 bits per heavy atom. The third-order valence-electron chi connectivity index (χ3n) is 5.41. The van der Waals surface area contributed by atoms with Crippen LogP contribution in [0.3, 0.4) is 0 Å². The Morgan fingerprint density at radius 2 is 1.84 bits per heavy atom. The van der Waals surface area contributed by atoms with Crippen LogP contribution in [0.15, 0.2) is 47.4 Å². The van der Waals surface area contributed by atoms with Gasteiger partial charge in [-0.25, -0.2) is 12.8 Å². The number of halogens is 2. The normalized spacial score (nSPS) is 15.1. The molecule has 3 rings (SSSR count). The van der Waals surface area contributed by atoms with Crippen LogP contribution in [0.25, 0.3) is 0 Å². The van der Waals surface area contributed by atoms with E-state index in [1.807, 2.05) is 0 Å². The number of benzene rings is 2. The molecule has 1 N–H and O–H groups in total. The third-order valence-corrected chi connectivity index (χ3v) is 7.60. The highest BCUT2D eigenvalue weighted by Gasteiger charge is 2.34. The molecule has 0 saturated heterocycles. The number of amides is 1. The molecule has 1 aliphatic rings. The largest absolute Gasteiger partial charge is 0.495 e. The molecular weight excluding hydrogens is 443 g/mol. The highest BCUT2D eigenvalue weighted by Crippen LogP contribution is 2.31. The SMILES string of the molecule is COc1ccc(S(=O)(=O)N(CC(=O)NCc2ccc(F)cc2)C2CCCCC2)cc1Cl. The second-order valence-electron chi connectivity index (χ2n) is 7.54. The minimum absolute atomic E-state index is 0.0233. The summed E-state index contributed by atoms with van der Waals surface area (Å²) in [6.07, 6.45) is 4.28. The van der Waals surface area contributed by atoms with Crippen LogP contribution in [0.5, 0.6) is 5.75 Å². The number of hydrogen-bond donors (Lipinski definition) is 1. The van der Waals surface area contributed by atoms with Gasteiger partial charge in [0.25, 0.3) is 0 Å². The predicted octanol–water partition coefficient (Wildman–Crippen LogP) is 4.13. The molecule has 1 aliphatic carbocycles. The number of methoxy groups -OCH3 is 1. The van der Waals surface area contributed by atoms with Crippen molar-refractivity contribution >= 4 is 27.5 Å². The van der Waals surface area contributed by atoms with Crippen LogP contribution in [-0.2, 0) is 21.4 Å². The van der Waals surface area contributed by atoms with Gasteiger partial charge >= 0.3 is 0 Å². The zero-order valence-corrected chi connectivity index (χ0v) is 18.9. The molecule has 0 aromatic heterocycles. The highest BCUT2D eigenvalue weighted by atomic mass is 35.5. The van der Waals surface area contributed by atoms with Crippen LogP contribution in [-0.4, -0.2) is 38.3 Å². The van der Waals surface area contributed by atoms with E-state index >= 15 is 0 Å². The van der Waals surface area contributed by atoms with Gasteiger partial charge in [0.2, 0.25) is 15.9 Å². The fourth-order valence-corrected chi connectivity index (χ4v) is 5.71. The fourth-order valence-electron chi connectivity index (χ4n) is 3.72. The van der Waals surface area contributed by atoms with Crippen molar-refractivity contribution in [1.29, 1.82) is 0 Å². The van der Waals surface area contributed by atoms with Crippen molar-refractivity contribution in [2.24, 2.45) is 0 Å². The number of ether oxygens (including phenoxy) is 1.